The molecule has 10 aromatic heterocycles. The summed E-state index contributed by atoms with van der Waals surface area (Å²) < 4.78 is 43.9. The first kappa shape index (κ1) is 72.7. The quantitative estimate of drug-likeness (QED) is 0.132. The van der Waals surface area contributed by atoms with Crippen molar-refractivity contribution in [2.75, 3.05) is 0 Å². The van der Waals surface area contributed by atoms with Gasteiger partial charge in [0.25, 0.3) is 0 Å². The van der Waals surface area contributed by atoms with Crippen LogP contribution in [0, 0.1) is 0 Å². The normalized spacial score (nSPS) is 11.9. The third-order valence-electron chi connectivity index (χ3n) is 24.4. The smallest absolute Gasteiger partial charge is 0.167 e. The van der Waals surface area contributed by atoms with E-state index < -0.39 is 0 Å². The summed E-state index contributed by atoms with van der Waals surface area (Å²) >= 11 is 0. The Bertz CT molecular complexity index is 9020. The van der Waals surface area contributed by atoms with E-state index in [2.05, 4.69) is 146 Å². The molecule has 602 valence electrons. The maximum Gasteiger partial charge on any atom is 0.167 e. The minimum atomic E-state index is 0.543. The van der Waals surface area contributed by atoms with Gasteiger partial charge < -0.3 is 30.9 Å². The van der Waals surface area contributed by atoms with Gasteiger partial charge in [0.2, 0.25) is 0 Å². The number of furan rings is 7. The average molecular weight is 1660 g/mol. The first-order valence-electron chi connectivity index (χ1n) is 42.5. The van der Waals surface area contributed by atoms with Crippen LogP contribution < -0.4 is 0 Å². The summed E-state index contributed by atoms with van der Waals surface area (Å²) in [4.78, 5) is 45.7. The fourth-order valence-corrected chi connectivity index (χ4v) is 18.4. The van der Waals surface area contributed by atoms with E-state index in [-0.39, 0.29) is 0 Å². The highest BCUT2D eigenvalue weighted by molar-refractivity contribution is 6.17. The molecular formula is C113H63N9O7. The predicted octanol–water partition coefficient (Wildman–Crippen LogP) is 30.2. The SMILES string of the molecule is c1ccc2c(c1)oc1cccc(-c3nc(-c4cccc5oc6ccccc6c45)nc(-c4cccc5oc6ccccc6c45)n3)c12.c1ccc2cc(-c3nc(-c4ccc5oc6ccccc6c5c4)nc(-c4cccc5c4oc4ccccc45)n3)ccc2c1.c1ccc2cc(-c3nc(-c4cccc5c4oc4ccccc45)nc(-c4cccc5c4oc4ccccc45)n3)ccc2c1. The molecule has 0 aliphatic rings. The topological polar surface area (TPSA) is 208 Å². The van der Waals surface area contributed by atoms with Gasteiger partial charge in [-0.1, -0.05) is 273 Å². The zero-order valence-corrected chi connectivity index (χ0v) is 68.3. The Morgan fingerprint density at radius 3 is 0.721 bits per heavy atom. The number of para-hydroxylation sites is 10. The molecule has 0 spiro atoms. The summed E-state index contributed by atoms with van der Waals surface area (Å²) in [5, 5.41) is 18.9. The molecule has 0 radical (unpaired) electrons. The van der Waals surface area contributed by atoms with Crippen molar-refractivity contribution >= 4 is 175 Å². The fourth-order valence-electron chi connectivity index (χ4n) is 18.4. The minimum absolute atomic E-state index is 0.543. The van der Waals surface area contributed by atoms with Crippen molar-refractivity contribution in [3.05, 3.63) is 382 Å². The van der Waals surface area contributed by atoms with E-state index in [0.29, 0.717) is 52.4 Å². The zero-order chi connectivity index (χ0) is 84.7. The molecule has 0 atom stereocenters. The lowest BCUT2D eigenvalue weighted by atomic mass is 10.0. The van der Waals surface area contributed by atoms with Gasteiger partial charge >= 0.3 is 0 Å². The second kappa shape index (κ2) is 29.4. The standard InChI is InChI=1S/C39H21N3O3.2C37H21N3O2/c1-4-16-28-22(10-1)34-25(13-7-19-31(34)43-28)37-40-38(26-14-8-20-32-35(26)23-11-2-5-17-29(23)44-32)42-39(41-37)27-15-9-21-33-36(27)24-12-3-6-18-30(24)45-33;1-2-9-23-20-24(17-16-22(23)8-1)35-38-36(25-18-19-33-30(21-25)27-11-4-5-14-31(27)41-33)40-37(39-35)29-13-7-12-28-26-10-3-6-15-32(26)42-34(28)29;1-2-10-23-21-24(20-19-22(23)9-1)35-38-36(29-15-7-13-27-25-11-3-5-17-31(25)41-33(27)29)40-37(39-35)30-16-8-14-28-26-12-4-6-18-32(26)42-34(28)30/h1-21H;2*1-21H. The van der Waals surface area contributed by atoms with Crippen LogP contribution in [-0.2, 0) is 0 Å². The highest BCUT2D eigenvalue weighted by atomic mass is 16.4. The second-order valence-corrected chi connectivity index (χ2v) is 32.0. The number of benzene rings is 18. The molecule has 0 amide bonds. The highest BCUT2D eigenvalue weighted by Crippen LogP contribution is 2.46. The third-order valence-corrected chi connectivity index (χ3v) is 24.4. The summed E-state index contributed by atoms with van der Waals surface area (Å²) in [5.74, 6) is 5.09. The number of nitrogens with zero attached hydrogens (tertiary/aromatic N) is 9. The van der Waals surface area contributed by atoms with E-state index in [1.54, 1.807) is 0 Å². The second-order valence-electron chi connectivity index (χ2n) is 32.0. The number of fused-ring (bicyclic) bond motifs is 23. The van der Waals surface area contributed by atoms with Crippen LogP contribution in [0.25, 0.3) is 278 Å². The predicted molar refractivity (Wildman–Crippen MR) is 514 cm³/mol. The fraction of sp³-hybridized carbons (Fsp3) is 0. The molecular weight excluding hydrogens is 1600 g/mol. The number of rotatable bonds is 9. The zero-order valence-electron chi connectivity index (χ0n) is 68.3. The molecule has 0 saturated heterocycles. The van der Waals surface area contributed by atoms with Crippen LogP contribution in [0.3, 0.4) is 0 Å². The summed E-state index contributed by atoms with van der Waals surface area (Å²) in [6.45, 7) is 0. The van der Waals surface area contributed by atoms with Crippen molar-refractivity contribution in [1.82, 2.24) is 44.9 Å². The van der Waals surface area contributed by atoms with Crippen LogP contribution in [-0.4, -0.2) is 44.9 Å². The van der Waals surface area contributed by atoms with Gasteiger partial charge in [0.05, 0.1) is 16.7 Å². The molecule has 129 heavy (non-hydrogen) atoms. The number of hydrogen-bond acceptors (Lipinski definition) is 16. The van der Waals surface area contributed by atoms with Gasteiger partial charge in [0.15, 0.2) is 52.4 Å². The molecule has 10 heterocycles. The lowest BCUT2D eigenvalue weighted by Gasteiger charge is -2.10. The van der Waals surface area contributed by atoms with Crippen LogP contribution in [0.4, 0.5) is 0 Å². The summed E-state index contributed by atoms with van der Waals surface area (Å²) in [5.41, 5.74) is 19.0. The molecule has 0 N–H and O–H groups in total. The number of aromatic nitrogens is 9. The molecule has 28 aromatic rings. The van der Waals surface area contributed by atoms with Crippen molar-refractivity contribution in [1.29, 1.82) is 0 Å². The largest absolute Gasteiger partial charge is 0.456 e. The summed E-state index contributed by atoms with van der Waals surface area (Å²) in [6.07, 6.45) is 0. The third kappa shape index (κ3) is 12.3. The molecule has 16 nitrogen and oxygen atoms in total. The molecule has 0 aliphatic carbocycles. The van der Waals surface area contributed by atoms with Gasteiger partial charge in [0.1, 0.15) is 78.2 Å². The lowest BCUT2D eigenvalue weighted by molar-refractivity contribution is 0.668. The van der Waals surface area contributed by atoms with Gasteiger partial charge in [-0.25, -0.2) is 44.9 Å². The molecule has 0 saturated carbocycles. The van der Waals surface area contributed by atoms with Crippen LogP contribution in [0.5, 0.6) is 0 Å². The Morgan fingerprint density at radius 2 is 0.357 bits per heavy atom. The van der Waals surface area contributed by atoms with Gasteiger partial charge in [-0.05, 0) is 131 Å². The van der Waals surface area contributed by atoms with Crippen LogP contribution in [0.2, 0.25) is 0 Å². The minimum Gasteiger partial charge on any atom is -0.456 e. The van der Waals surface area contributed by atoms with E-state index in [1.165, 1.54) is 5.39 Å². The molecule has 18 aromatic carbocycles. The maximum atomic E-state index is 6.38. The van der Waals surface area contributed by atoms with E-state index in [4.69, 9.17) is 75.8 Å². The van der Waals surface area contributed by atoms with E-state index in [1.807, 2.05) is 237 Å². The number of hydrogen-bond donors (Lipinski definition) is 0. The summed E-state index contributed by atoms with van der Waals surface area (Å²) in [7, 11) is 0. The van der Waals surface area contributed by atoms with Gasteiger partial charge in [-0.3, -0.25) is 0 Å². The van der Waals surface area contributed by atoms with Crippen LogP contribution in [0.15, 0.2) is 413 Å². The molecule has 0 unspecified atom stereocenters. The monoisotopic (exact) mass is 1660 g/mol. The molecule has 0 fully saturated rings. The van der Waals surface area contributed by atoms with E-state index in [0.717, 1.165) is 220 Å². The van der Waals surface area contributed by atoms with Crippen LogP contribution in [0.1, 0.15) is 0 Å². The van der Waals surface area contributed by atoms with Crippen molar-refractivity contribution in [2.24, 2.45) is 0 Å². The molecule has 16 heteroatoms. The van der Waals surface area contributed by atoms with Gasteiger partial charge in [-0.15, -0.1) is 0 Å². The molecule has 0 aliphatic heterocycles. The highest BCUT2D eigenvalue weighted by Gasteiger charge is 2.27. The van der Waals surface area contributed by atoms with E-state index >= 15 is 0 Å². The van der Waals surface area contributed by atoms with Crippen molar-refractivity contribution in [3.63, 3.8) is 0 Å². The Kier molecular flexibility index (Phi) is 16.6. The van der Waals surface area contributed by atoms with Crippen molar-refractivity contribution in [2.45, 2.75) is 0 Å². The van der Waals surface area contributed by atoms with Gasteiger partial charge in [-0.2, -0.15) is 0 Å². The molecule has 28 rings (SSSR count). The Hall–Kier alpha value is -17.9. The van der Waals surface area contributed by atoms with Gasteiger partial charge in [0, 0.05) is 109 Å². The Labute approximate surface area is 731 Å². The van der Waals surface area contributed by atoms with E-state index in [9.17, 15) is 0 Å². The first-order chi connectivity index (χ1) is 63.9. The van der Waals surface area contributed by atoms with Crippen LogP contribution >= 0.6 is 0 Å². The van der Waals surface area contributed by atoms with Crippen molar-refractivity contribution < 1.29 is 30.9 Å². The van der Waals surface area contributed by atoms with Crippen molar-refractivity contribution in [3.8, 4) is 102 Å². The first-order valence-corrected chi connectivity index (χ1v) is 42.5. The molecule has 0 bridgehead atoms. The Balaban J connectivity index is 0.000000102. The summed E-state index contributed by atoms with van der Waals surface area (Å²) in [6, 6.07) is 128. The Morgan fingerprint density at radius 1 is 0.132 bits per heavy atom. The average Bonchev–Trinajstić information content (AvgIpc) is 1.67. The maximum absolute atomic E-state index is 6.38. The lowest BCUT2D eigenvalue weighted by Crippen LogP contribution is -2.01.